The van der Waals surface area contributed by atoms with Gasteiger partial charge >= 0.3 is 12.0 Å². The Balaban J connectivity index is 1.66. The van der Waals surface area contributed by atoms with Gasteiger partial charge in [0.2, 0.25) is 0 Å². The van der Waals surface area contributed by atoms with E-state index in [9.17, 15) is 9.59 Å². The Labute approximate surface area is 122 Å². The summed E-state index contributed by atoms with van der Waals surface area (Å²) in [5.74, 6) is 0.342. The van der Waals surface area contributed by atoms with Crippen molar-refractivity contribution in [1.29, 1.82) is 0 Å². The maximum absolute atomic E-state index is 11.7. The number of aromatic nitrogens is 3. The zero-order valence-electron chi connectivity index (χ0n) is 12.1. The fourth-order valence-electron chi connectivity index (χ4n) is 2.62. The summed E-state index contributed by atoms with van der Waals surface area (Å²) >= 11 is 0. The molecule has 1 fully saturated rings. The van der Waals surface area contributed by atoms with Crippen LogP contribution in [0.1, 0.15) is 31.9 Å². The third kappa shape index (κ3) is 5.05. The first kappa shape index (κ1) is 15.3. The number of nitrogens with one attached hydrogen (secondary N) is 2. The van der Waals surface area contributed by atoms with E-state index in [2.05, 4.69) is 27.9 Å². The highest BCUT2D eigenvalue weighted by atomic mass is 16.4. The quantitative estimate of drug-likeness (QED) is 0.712. The molecule has 8 heteroatoms. The lowest BCUT2D eigenvalue weighted by molar-refractivity contribution is -0.137. The predicted molar refractivity (Wildman–Crippen MR) is 74.4 cm³/mol. The van der Waals surface area contributed by atoms with Crippen LogP contribution < -0.4 is 10.6 Å². The second-order valence-corrected chi connectivity index (χ2v) is 5.65. The molecule has 1 aliphatic carbocycles. The van der Waals surface area contributed by atoms with E-state index in [0.717, 1.165) is 5.92 Å². The van der Waals surface area contributed by atoms with Crippen LogP contribution in [0.25, 0.3) is 0 Å². The van der Waals surface area contributed by atoms with Gasteiger partial charge < -0.3 is 15.7 Å². The van der Waals surface area contributed by atoms with Gasteiger partial charge in [0, 0.05) is 6.54 Å². The fraction of sp³-hybridized carbons (Fsp3) is 0.692. The first-order chi connectivity index (χ1) is 10.0. The van der Waals surface area contributed by atoms with Crippen LogP contribution in [-0.2, 0) is 17.9 Å². The minimum atomic E-state index is -0.983. The first-order valence-electron chi connectivity index (χ1n) is 7.15. The molecular weight excluding hydrogens is 274 g/mol. The average molecular weight is 295 g/mol. The highest BCUT2D eigenvalue weighted by Gasteiger charge is 2.21. The van der Waals surface area contributed by atoms with E-state index in [1.807, 2.05) is 0 Å². The van der Waals surface area contributed by atoms with Crippen LogP contribution in [-0.4, -0.2) is 38.6 Å². The minimum Gasteiger partial charge on any atom is -0.480 e. The fourth-order valence-corrected chi connectivity index (χ4v) is 2.62. The molecule has 1 aromatic rings. The van der Waals surface area contributed by atoms with Crippen molar-refractivity contribution in [3.8, 4) is 0 Å². The number of carbonyl (C=O) groups excluding carboxylic acids is 1. The lowest BCUT2D eigenvalue weighted by atomic mass is 10.1. The number of carboxylic acid groups (broad SMARTS) is 1. The molecule has 2 unspecified atom stereocenters. The van der Waals surface area contributed by atoms with Crippen LogP contribution in [0.2, 0.25) is 0 Å². The van der Waals surface area contributed by atoms with Crippen molar-refractivity contribution in [2.75, 3.05) is 6.54 Å². The van der Waals surface area contributed by atoms with Gasteiger partial charge in [0.05, 0.1) is 12.7 Å². The minimum absolute atomic E-state index is 0.229. The molecule has 21 heavy (non-hydrogen) atoms. The highest BCUT2D eigenvalue weighted by molar-refractivity contribution is 5.73. The average Bonchev–Trinajstić information content (AvgIpc) is 3.02. The van der Waals surface area contributed by atoms with Crippen LogP contribution in [0.3, 0.4) is 0 Å². The van der Waals surface area contributed by atoms with E-state index < -0.39 is 5.97 Å². The number of carboxylic acids is 1. The Bertz CT molecular complexity index is 502. The van der Waals surface area contributed by atoms with Crippen molar-refractivity contribution < 1.29 is 14.7 Å². The highest BCUT2D eigenvalue weighted by Crippen LogP contribution is 2.29. The second kappa shape index (κ2) is 7.05. The van der Waals surface area contributed by atoms with E-state index in [0.29, 0.717) is 18.2 Å². The summed E-state index contributed by atoms with van der Waals surface area (Å²) in [5.41, 5.74) is 0.529. The predicted octanol–water partition coefficient (Wildman–Crippen LogP) is 0.598. The summed E-state index contributed by atoms with van der Waals surface area (Å²) in [6.45, 7) is 2.92. The van der Waals surface area contributed by atoms with Crippen molar-refractivity contribution in [2.45, 2.75) is 39.3 Å². The number of hydrogen-bond donors (Lipinski definition) is 3. The van der Waals surface area contributed by atoms with E-state index in [1.54, 1.807) is 0 Å². The van der Waals surface area contributed by atoms with Gasteiger partial charge in [-0.3, -0.25) is 4.79 Å². The Morgan fingerprint density at radius 2 is 2.24 bits per heavy atom. The molecule has 0 aliphatic heterocycles. The van der Waals surface area contributed by atoms with E-state index in [-0.39, 0.29) is 19.1 Å². The van der Waals surface area contributed by atoms with Gasteiger partial charge in [-0.05, 0) is 24.7 Å². The van der Waals surface area contributed by atoms with Crippen molar-refractivity contribution in [3.05, 3.63) is 11.9 Å². The molecular formula is C13H21N5O3. The van der Waals surface area contributed by atoms with Gasteiger partial charge in [-0.1, -0.05) is 18.6 Å². The van der Waals surface area contributed by atoms with E-state index in [4.69, 9.17) is 5.11 Å². The number of urea groups is 1. The maximum Gasteiger partial charge on any atom is 0.325 e. The molecule has 2 amide bonds. The molecule has 2 atom stereocenters. The molecule has 1 aromatic heterocycles. The van der Waals surface area contributed by atoms with Crippen LogP contribution >= 0.6 is 0 Å². The number of hydrogen-bond acceptors (Lipinski definition) is 4. The lowest BCUT2D eigenvalue weighted by Crippen LogP contribution is -2.37. The van der Waals surface area contributed by atoms with Crippen LogP contribution in [0.5, 0.6) is 0 Å². The monoisotopic (exact) mass is 295 g/mol. The number of rotatable bonds is 6. The normalized spacial score (nSPS) is 21.2. The van der Waals surface area contributed by atoms with Crippen molar-refractivity contribution in [1.82, 2.24) is 25.6 Å². The van der Waals surface area contributed by atoms with Crippen LogP contribution in [0.15, 0.2) is 6.20 Å². The zero-order chi connectivity index (χ0) is 15.2. The van der Waals surface area contributed by atoms with Gasteiger partial charge in [-0.15, -0.1) is 5.10 Å². The topological polar surface area (TPSA) is 109 Å². The Morgan fingerprint density at radius 3 is 2.90 bits per heavy atom. The summed E-state index contributed by atoms with van der Waals surface area (Å²) in [4.78, 5) is 22.2. The van der Waals surface area contributed by atoms with E-state index >= 15 is 0 Å². The Hall–Kier alpha value is -2.12. The van der Waals surface area contributed by atoms with Crippen molar-refractivity contribution in [3.63, 3.8) is 0 Å². The molecule has 8 nitrogen and oxygen atoms in total. The Kier molecular flexibility index (Phi) is 5.13. The maximum atomic E-state index is 11.7. The smallest absolute Gasteiger partial charge is 0.325 e. The standard InChI is InChI=1S/C13H21N5O3/c1-9-2-3-10(4-9)5-14-13(21)15-6-11-7-18(17-16-11)8-12(19)20/h7,9-10H,2-6,8H2,1H3,(H,19,20)(H2,14,15,21). The van der Waals surface area contributed by atoms with Crippen molar-refractivity contribution >= 4 is 12.0 Å². The van der Waals surface area contributed by atoms with Gasteiger partial charge in [-0.25, -0.2) is 9.48 Å². The SMILES string of the molecule is CC1CCC(CNC(=O)NCc2cn(CC(=O)O)nn2)C1. The van der Waals surface area contributed by atoms with Crippen LogP contribution in [0, 0.1) is 11.8 Å². The van der Waals surface area contributed by atoms with Crippen LogP contribution in [0.4, 0.5) is 4.79 Å². The van der Waals surface area contributed by atoms with E-state index in [1.165, 1.54) is 30.1 Å². The Morgan fingerprint density at radius 1 is 1.43 bits per heavy atom. The third-order valence-electron chi connectivity index (χ3n) is 3.67. The molecule has 3 N–H and O–H groups in total. The summed E-state index contributed by atoms with van der Waals surface area (Å²) < 4.78 is 1.22. The molecule has 0 bridgehead atoms. The molecule has 1 aliphatic rings. The number of nitrogens with zero attached hydrogens (tertiary/aromatic N) is 3. The molecule has 1 heterocycles. The first-order valence-corrected chi connectivity index (χ1v) is 7.15. The molecule has 116 valence electrons. The van der Waals surface area contributed by atoms with Gasteiger partial charge in [-0.2, -0.15) is 0 Å². The molecule has 0 saturated heterocycles. The van der Waals surface area contributed by atoms with Gasteiger partial charge in [0.1, 0.15) is 12.2 Å². The molecule has 1 saturated carbocycles. The largest absolute Gasteiger partial charge is 0.480 e. The summed E-state index contributed by atoms with van der Waals surface area (Å²) in [6.07, 6.45) is 5.09. The molecule has 0 spiro atoms. The summed E-state index contributed by atoms with van der Waals surface area (Å²) in [7, 11) is 0. The number of aliphatic carboxylic acids is 1. The zero-order valence-corrected chi connectivity index (χ0v) is 12.1. The third-order valence-corrected chi connectivity index (χ3v) is 3.67. The number of carbonyl (C=O) groups is 2. The van der Waals surface area contributed by atoms with Gasteiger partial charge in [0.25, 0.3) is 0 Å². The summed E-state index contributed by atoms with van der Waals surface area (Å²) in [5, 5.41) is 21.6. The molecule has 2 rings (SSSR count). The lowest BCUT2D eigenvalue weighted by Gasteiger charge is -2.11. The number of amides is 2. The molecule has 0 radical (unpaired) electrons. The van der Waals surface area contributed by atoms with Gasteiger partial charge in [0.15, 0.2) is 0 Å². The van der Waals surface area contributed by atoms with Crippen molar-refractivity contribution in [2.24, 2.45) is 11.8 Å². The summed E-state index contributed by atoms with van der Waals surface area (Å²) in [6, 6.07) is -0.234. The second-order valence-electron chi connectivity index (χ2n) is 5.65. The molecule has 0 aromatic carbocycles.